The fraction of sp³-hybridized carbons (Fsp3) is 0.321. The van der Waals surface area contributed by atoms with Gasteiger partial charge in [-0.3, -0.25) is 4.79 Å². The summed E-state index contributed by atoms with van der Waals surface area (Å²) in [5.41, 5.74) is 2.43. The lowest BCUT2D eigenvalue weighted by Crippen LogP contribution is -2.30. The molecule has 0 N–H and O–H groups in total. The van der Waals surface area contributed by atoms with Crippen molar-refractivity contribution in [1.82, 2.24) is 4.31 Å². The van der Waals surface area contributed by atoms with Crippen molar-refractivity contribution >= 4 is 15.8 Å². The largest absolute Gasteiger partial charge is 0.494 e. The van der Waals surface area contributed by atoms with E-state index >= 15 is 0 Å². The van der Waals surface area contributed by atoms with E-state index in [1.165, 1.54) is 17.1 Å². The molecule has 1 aliphatic carbocycles. The first-order valence-corrected chi connectivity index (χ1v) is 13.3. The van der Waals surface area contributed by atoms with E-state index in [-0.39, 0.29) is 23.8 Å². The monoisotopic (exact) mass is 477 g/mol. The molecule has 3 aromatic carbocycles. The molecule has 0 amide bonds. The van der Waals surface area contributed by atoms with Gasteiger partial charge in [0.1, 0.15) is 5.75 Å². The Bertz CT molecular complexity index is 1190. The van der Waals surface area contributed by atoms with Crippen LogP contribution in [-0.2, 0) is 23.1 Å². The number of carbonyl (C=O) groups excluding carboxylic acids is 1. The molecule has 0 spiro atoms. The molecule has 1 fully saturated rings. The molecule has 1 aliphatic rings. The Kier molecular flexibility index (Phi) is 7.80. The third-order valence-electron chi connectivity index (χ3n) is 6.09. The molecular formula is C28H31NO4S. The van der Waals surface area contributed by atoms with E-state index in [0.717, 1.165) is 23.5 Å². The minimum Gasteiger partial charge on any atom is -0.494 e. The smallest absolute Gasteiger partial charge is 0.243 e. The van der Waals surface area contributed by atoms with Crippen LogP contribution < -0.4 is 4.74 Å². The zero-order chi connectivity index (χ0) is 24.0. The van der Waals surface area contributed by atoms with Crippen molar-refractivity contribution in [2.75, 3.05) is 6.61 Å². The predicted octanol–water partition coefficient (Wildman–Crippen LogP) is 5.85. The lowest BCUT2D eigenvalue weighted by Gasteiger charge is -2.23. The molecule has 0 unspecified atom stereocenters. The van der Waals surface area contributed by atoms with Crippen LogP contribution in [-0.4, -0.2) is 25.1 Å². The molecule has 0 aliphatic heterocycles. The number of ether oxygens (including phenoxy) is 1. The van der Waals surface area contributed by atoms with Crippen molar-refractivity contribution in [3.05, 3.63) is 95.6 Å². The molecule has 178 valence electrons. The summed E-state index contributed by atoms with van der Waals surface area (Å²) in [4.78, 5) is 12.7. The number of carbonyl (C=O) groups is 1. The summed E-state index contributed by atoms with van der Waals surface area (Å²) in [6.07, 6.45) is 4.03. The van der Waals surface area contributed by atoms with Crippen molar-refractivity contribution in [2.24, 2.45) is 5.92 Å². The Morgan fingerprint density at radius 3 is 2.09 bits per heavy atom. The van der Waals surface area contributed by atoms with Crippen LogP contribution in [0.2, 0.25) is 0 Å². The van der Waals surface area contributed by atoms with E-state index < -0.39 is 10.0 Å². The van der Waals surface area contributed by atoms with E-state index in [2.05, 4.69) is 0 Å². The second-order valence-electron chi connectivity index (χ2n) is 8.77. The van der Waals surface area contributed by atoms with Crippen LogP contribution in [0.1, 0.15) is 54.1 Å². The molecule has 0 bridgehead atoms. The minimum absolute atomic E-state index is 0.154. The van der Waals surface area contributed by atoms with Crippen molar-refractivity contribution in [3.8, 4) is 5.75 Å². The van der Waals surface area contributed by atoms with Crippen LogP contribution in [0, 0.1) is 5.92 Å². The maximum Gasteiger partial charge on any atom is 0.243 e. The molecule has 0 aromatic heterocycles. The van der Waals surface area contributed by atoms with Gasteiger partial charge in [0.05, 0.1) is 11.5 Å². The number of ketones is 1. The molecule has 34 heavy (non-hydrogen) atoms. The van der Waals surface area contributed by atoms with E-state index in [0.29, 0.717) is 24.3 Å². The zero-order valence-corrected chi connectivity index (χ0v) is 20.3. The van der Waals surface area contributed by atoms with Crippen LogP contribution in [0.3, 0.4) is 0 Å². The highest BCUT2D eigenvalue weighted by Gasteiger charge is 2.26. The van der Waals surface area contributed by atoms with Gasteiger partial charge in [0, 0.05) is 25.1 Å². The number of hydrogen-bond acceptors (Lipinski definition) is 4. The normalized spacial score (nSPS) is 13.7. The van der Waals surface area contributed by atoms with Gasteiger partial charge >= 0.3 is 0 Å². The molecule has 5 nitrogen and oxygen atoms in total. The Balaban J connectivity index is 1.54. The van der Waals surface area contributed by atoms with Crippen molar-refractivity contribution in [2.45, 2.75) is 50.6 Å². The van der Waals surface area contributed by atoms with E-state index in [4.69, 9.17) is 4.74 Å². The second-order valence-corrected chi connectivity index (χ2v) is 10.7. The summed E-state index contributed by atoms with van der Waals surface area (Å²) < 4.78 is 34.1. The van der Waals surface area contributed by atoms with Crippen molar-refractivity contribution in [1.29, 1.82) is 0 Å². The molecule has 0 saturated heterocycles. The molecule has 1 saturated carbocycles. The second kappa shape index (κ2) is 11.0. The zero-order valence-electron chi connectivity index (χ0n) is 19.5. The first kappa shape index (κ1) is 24.2. The van der Waals surface area contributed by atoms with E-state index in [1.54, 1.807) is 24.3 Å². The number of nitrogens with zero attached hydrogens (tertiary/aromatic N) is 1. The number of sulfonamides is 1. The van der Waals surface area contributed by atoms with Crippen LogP contribution in [0.4, 0.5) is 0 Å². The van der Waals surface area contributed by atoms with Crippen molar-refractivity contribution < 1.29 is 17.9 Å². The Hall–Kier alpha value is -2.96. The summed E-state index contributed by atoms with van der Waals surface area (Å²) in [5.74, 6) is 1.52. The molecule has 3 aromatic rings. The van der Waals surface area contributed by atoms with Crippen LogP contribution in [0.25, 0.3) is 0 Å². The van der Waals surface area contributed by atoms with Gasteiger partial charge in [-0.25, -0.2) is 8.42 Å². The molecule has 0 heterocycles. The topological polar surface area (TPSA) is 63.7 Å². The van der Waals surface area contributed by atoms with Crippen molar-refractivity contribution in [3.63, 3.8) is 0 Å². The first-order valence-electron chi connectivity index (χ1n) is 11.8. The van der Waals surface area contributed by atoms with Gasteiger partial charge in [0.25, 0.3) is 0 Å². The maximum atomic E-state index is 13.6. The Morgan fingerprint density at radius 2 is 1.50 bits per heavy atom. The van der Waals surface area contributed by atoms with Gasteiger partial charge in [-0.1, -0.05) is 67.4 Å². The lowest BCUT2D eigenvalue weighted by molar-refractivity contribution is 0.0978. The van der Waals surface area contributed by atoms with Gasteiger partial charge in [0.2, 0.25) is 10.0 Å². The van der Waals surface area contributed by atoms with Crippen LogP contribution >= 0.6 is 0 Å². The first-order chi connectivity index (χ1) is 16.5. The highest BCUT2D eigenvalue weighted by Crippen LogP contribution is 2.34. The number of benzene rings is 3. The fourth-order valence-corrected chi connectivity index (χ4v) is 5.34. The highest BCUT2D eigenvalue weighted by molar-refractivity contribution is 7.89. The van der Waals surface area contributed by atoms with Gasteiger partial charge in [-0.15, -0.1) is 0 Å². The number of hydrogen-bond donors (Lipinski definition) is 0. The highest BCUT2D eigenvalue weighted by atomic mass is 32.2. The summed E-state index contributed by atoms with van der Waals surface area (Å²) in [5, 5.41) is 0. The Labute approximate surface area is 202 Å². The summed E-state index contributed by atoms with van der Waals surface area (Å²) in [6.45, 7) is 2.86. The maximum absolute atomic E-state index is 13.6. The molecular weight excluding hydrogens is 446 g/mol. The molecule has 6 heteroatoms. The van der Waals surface area contributed by atoms with E-state index in [1.807, 2.05) is 61.5 Å². The quantitative estimate of drug-likeness (QED) is 0.307. The van der Waals surface area contributed by atoms with Gasteiger partial charge in [-0.2, -0.15) is 4.31 Å². The van der Waals surface area contributed by atoms with Gasteiger partial charge < -0.3 is 4.74 Å². The fourth-order valence-electron chi connectivity index (χ4n) is 3.92. The summed E-state index contributed by atoms with van der Waals surface area (Å²) >= 11 is 0. The molecule has 4 rings (SSSR count). The Morgan fingerprint density at radius 1 is 0.882 bits per heavy atom. The van der Waals surface area contributed by atoms with Crippen LogP contribution in [0.5, 0.6) is 5.75 Å². The van der Waals surface area contributed by atoms with E-state index in [9.17, 15) is 13.2 Å². The average molecular weight is 478 g/mol. The average Bonchev–Trinajstić information content (AvgIpc) is 3.68. The molecule has 0 atom stereocenters. The van der Waals surface area contributed by atoms with Gasteiger partial charge in [0.15, 0.2) is 5.78 Å². The molecule has 0 radical (unpaired) electrons. The third kappa shape index (κ3) is 6.33. The standard InChI is InChI=1S/C28H31NO4S/c1-2-33-26-15-17-27(18-16-26)34(31,32)29(20-23-6-4-3-5-7-23)21-24-10-13-25(14-11-24)28(30)19-12-22-8-9-22/h3-7,10-11,13-18,22H,2,8-9,12,19-21H2,1H3. The lowest BCUT2D eigenvalue weighted by atomic mass is 10.0. The number of Topliss-reactive ketones (excluding diaryl/α,β-unsaturated/α-hetero) is 1. The minimum atomic E-state index is -3.76. The SMILES string of the molecule is CCOc1ccc(S(=O)(=O)N(Cc2ccccc2)Cc2ccc(C(=O)CCC3CC3)cc2)cc1. The third-order valence-corrected chi connectivity index (χ3v) is 7.89. The van der Waals surface area contributed by atoms with Crippen LogP contribution in [0.15, 0.2) is 83.8 Å². The predicted molar refractivity (Wildman–Crippen MR) is 133 cm³/mol. The van der Waals surface area contributed by atoms with Gasteiger partial charge in [-0.05, 0) is 54.7 Å². The summed E-state index contributed by atoms with van der Waals surface area (Å²) in [6, 6.07) is 23.4. The summed E-state index contributed by atoms with van der Waals surface area (Å²) in [7, 11) is -3.76. The number of rotatable bonds is 12.